The van der Waals surface area contributed by atoms with E-state index in [4.69, 9.17) is 0 Å². The van der Waals surface area contributed by atoms with E-state index in [0.29, 0.717) is 5.75 Å². The predicted octanol–water partition coefficient (Wildman–Crippen LogP) is 2.59. The molecule has 4 rings (SSSR count). The number of benzene rings is 2. The minimum atomic E-state index is 0.382. The van der Waals surface area contributed by atoms with Crippen LogP contribution in [0.2, 0.25) is 0 Å². The molecular formula is C18H20N4O. The van der Waals surface area contributed by atoms with Gasteiger partial charge in [-0.2, -0.15) is 0 Å². The molecule has 118 valence electrons. The number of nitrogens with zero attached hydrogens (tertiary/aromatic N) is 3. The van der Waals surface area contributed by atoms with Gasteiger partial charge in [0.1, 0.15) is 5.75 Å². The quantitative estimate of drug-likeness (QED) is 0.781. The van der Waals surface area contributed by atoms with Crippen LogP contribution < -0.4 is 4.90 Å². The van der Waals surface area contributed by atoms with Crippen LogP contribution in [0.3, 0.4) is 0 Å². The summed E-state index contributed by atoms with van der Waals surface area (Å²) in [4.78, 5) is 12.7. The lowest BCUT2D eigenvalue weighted by Crippen LogP contribution is -2.46. The standard InChI is InChI=1S/C18H20N4O/c23-17-8-4-1-5-14(17)13-21-9-11-22(12-10-21)18-19-15-6-2-3-7-16(15)20-18/h1-8,23H,9-13H2,(H,19,20). The molecule has 1 aliphatic heterocycles. The third kappa shape index (κ3) is 2.87. The van der Waals surface area contributed by atoms with E-state index >= 15 is 0 Å². The van der Waals surface area contributed by atoms with Gasteiger partial charge in [-0.15, -0.1) is 0 Å². The van der Waals surface area contributed by atoms with E-state index in [1.807, 2.05) is 36.4 Å². The maximum absolute atomic E-state index is 9.90. The van der Waals surface area contributed by atoms with E-state index in [-0.39, 0.29) is 0 Å². The molecule has 1 fully saturated rings. The second-order valence-corrected chi connectivity index (χ2v) is 5.97. The van der Waals surface area contributed by atoms with Crippen molar-refractivity contribution < 1.29 is 5.11 Å². The van der Waals surface area contributed by atoms with Crippen LogP contribution in [0.25, 0.3) is 11.0 Å². The summed E-state index contributed by atoms with van der Waals surface area (Å²) < 4.78 is 0. The minimum absolute atomic E-state index is 0.382. The topological polar surface area (TPSA) is 55.4 Å². The Kier molecular flexibility index (Phi) is 3.63. The van der Waals surface area contributed by atoms with Gasteiger partial charge in [-0.05, 0) is 18.2 Å². The number of phenolic OH excluding ortho intramolecular Hbond substituents is 1. The molecule has 0 atom stereocenters. The molecular weight excluding hydrogens is 288 g/mol. The van der Waals surface area contributed by atoms with Gasteiger partial charge in [-0.3, -0.25) is 4.90 Å². The van der Waals surface area contributed by atoms with Gasteiger partial charge in [-0.1, -0.05) is 30.3 Å². The van der Waals surface area contributed by atoms with Crippen molar-refractivity contribution in [2.45, 2.75) is 6.54 Å². The monoisotopic (exact) mass is 308 g/mol. The Morgan fingerprint density at radius 1 is 0.957 bits per heavy atom. The fourth-order valence-electron chi connectivity index (χ4n) is 3.09. The van der Waals surface area contributed by atoms with Crippen molar-refractivity contribution in [2.24, 2.45) is 0 Å². The van der Waals surface area contributed by atoms with Gasteiger partial charge in [0, 0.05) is 38.3 Å². The number of aromatic hydroxyl groups is 1. The van der Waals surface area contributed by atoms with Crippen molar-refractivity contribution in [3.63, 3.8) is 0 Å². The second-order valence-electron chi connectivity index (χ2n) is 5.97. The molecule has 23 heavy (non-hydrogen) atoms. The third-order valence-electron chi connectivity index (χ3n) is 4.43. The largest absolute Gasteiger partial charge is 0.508 e. The summed E-state index contributed by atoms with van der Waals surface area (Å²) in [5.74, 6) is 1.33. The van der Waals surface area contributed by atoms with Crippen molar-refractivity contribution in [3.8, 4) is 5.75 Å². The van der Waals surface area contributed by atoms with Gasteiger partial charge < -0.3 is 15.0 Å². The molecule has 0 amide bonds. The number of H-pyrrole nitrogens is 1. The molecule has 0 radical (unpaired) electrons. The van der Waals surface area contributed by atoms with Crippen LogP contribution in [0.15, 0.2) is 48.5 Å². The Balaban J connectivity index is 1.41. The molecule has 0 bridgehead atoms. The number of rotatable bonds is 3. The van der Waals surface area contributed by atoms with Gasteiger partial charge in [0.2, 0.25) is 5.95 Å². The number of anilines is 1. The van der Waals surface area contributed by atoms with E-state index in [2.05, 4.69) is 25.8 Å². The molecule has 2 N–H and O–H groups in total. The van der Waals surface area contributed by atoms with E-state index in [1.165, 1.54) is 0 Å². The Morgan fingerprint density at radius 3 is 2.48 bits per heavy atom. The van der Waals surface area contributed by atoms with Crippen molar-refractivity contribution in [1.29, 1.82) is 0 Å². The highest BCUT2D eigenvalue weighted by Gasteiger charge is 2.20. The Morgan fingerprint density at radius 2 is 1.70 bits per heavy atom. The van der Waals surface area contributed by atoms with Crippen molar-refractivity contribution in [1.82, 2.24) is 14.9 Å². The molecule has 5 heteroatoms. The Bertz CT molecular complexity index is 772. The van der Waals surface area contributed by atoms with Gasteiger partial charge in [0.05, 0.1) is 11.0 Å². The first-order chi connectivity index (χ1) is 11.3. The van der Waals surface area contributed by atoms with E-state index in [1.54, 1.807) is 6.07 Å². The summed E-state index contributed by atoms with van der Waals surface area (Å²) in [7, 11) is 0. The maximum atomic E-state index is 9.90. The lowest BCUT2D eigenvalue weighted by atomic mass is 10.2. The third-order valence-corrected chi connectivity index (χ3v) is 4.43. The number of aromatic amines is 1. The lowest BCUT2D eigenvalue weighted by Gasteiger charge is -2.34. The van der Waals surface area contributed by atoms with Gasteiger partial charge in [-0.25, -0.2) is 4.98 Å². The van der Waals surface area contributed by atoms with Gasteiger partial charge >= 0.3 is 0 Å². The van der Waals surface area contributed by atoms with Crippen LogP contribution in [0, 0.1) is 0 Å². The zero-order valence-electron chi connectivity index (χ0n) is 12.9. The Labute approximate surface area is 135 Å². The summed E-state index contributed by atoms with van der Waals surface area (Å²) in [6.07, 6.45) is 0. The molecule has 1 aromatic heterocycles. The molecule has 0 spiro atoms. The molecule has 0 unspecified atom stereocenters. The highest BCUT2D eigenvalue weighted by atomic mass is 16.3. The average molecular weight is 308 g/mol. The molecule has 0 saturated carbocycles. The number of fused-ring (bicyclic) bond motifs is 1. The highest BCUT2D eigenvalue weighted by Crippen LogP contribution is 2.21. The number of phenols is 1. The first-order valence-electron chi connectivity index (χ1n) is 7.98. The molecule has 0 aliphatic carbocycles. The van der Waals surface area contributed by atoms with Crippen molar-refractivity contribution >= 4 is 17.0 Å². The average Bonchev–Trinajstić information content (AvgIpc) is 3.02. The van der Waals surface area contributed by atoms with Crippen LogP contribution in [-0.4, -0.2) is 46.2 Å². The zero-order valence-corrected chi connectivity index (χ0v) is 12.9. The van der Waals surface area contributed by atoms with Crippen LogP contribution >= 0.6 is 0 Å². The summed E-state index contributed by atoms with van der Waals surface area (Å²) in [6.45, 7) is 4.60. The smallest absolute Gasteiger partial charge is 0.203 e. The predicted molar refractivity (Wildman–Crippen MR) is 91.7 cm³/mol. The first-order valence-corrected chi connectivity index (χ1v) is 7.98. The number of nitrogens with one attached hydrogen (secondary N) is 1. The van der Waals surface area contributed by atoms with Crippen LogP contribution in [0.1, 0.15) is 5.56 Å². The summed E-state index contributed by atoms with van der Waals surface area (Å²) in [5.41, 5.74) is 3.09. The molecule has 1 aliphatic rings. The minimum Gasteiger partial charge on any atom is -0.508 e. The van der Waals surface area contributed by atoms with E-state index in [9.17, 15) is 5.11 Å². The summed E-state index contributed by atoms with van der Waals surface area (Å²) >= 11 is 0. The van der Waals surface area contributed by atoms with Crippen molar-refractivity contribution in [3.05, 3.63) is 54.1 Å². The number of piperazine rings is 1. The first kappa shape index (κ1) is 14.1. The molecule has 1 saturated heterocycles. The second kappa shape index (κ2) is 5.93. The normalized spacial score (nSPS) is 16.1. The molecule has 5 nitrogen and oxygen atoms in total. The molecule has 2 heterocycles. The number of para-hydroxylation sites is 3. The SMILES string of the molecule is Oc1ccccc1CN1CCN(c2nc3ccccc3[nH]2)CC1. The van der Waals surface area contributed by atoms with Gasteiger partial charge in [0.25, 0.3) is 0 Å². The van der Waals surface area contributed by atoms with E-state index < -0.39 is 0 Å². The molecule has 3 aromatic rings. The summed E-state index contributed by atoms with van der Waals surface area (Å²) in [6, 6.07) is 15.7. The zero-order chi connectivity index (χ0) is 15.6. The number of aromatic nitrogens is 2. The summed E-state index contributed by atoms with van der Waals surface area (Å²) in [5, 5.41) is 9.90. The molecule has 2 aromatic carbocycles. The number of hydrogen-bond acceptors (Lipinski definition) is 4. The highest BCUT2D eigenvalue weighted by molar-refractivity contribution is 5.77. The van der Waals surface area contributed by atoms with Crippen molar-refractivity contribution in [2.75, 3.05) is 31.1 Å². The fourth-order valence-corrected chi connectivity index (χ4v) is 3.09. The number of imidazole rings is 1. The fraction of sp³-hybridized carbons (Fsp3) is 0.278. The Hall–Kier alpha value is -2.53. The van der Waals surface area contributed by atoms with Crippen LogP contribution in [0.4, 0.5) is 5.95 Å². The number of hydrogen-bond donors (Lipinski definition) is 2. The van der Waals surface area contributed by atoms with Gasteiger partial charge in [0.15, 0.2) is 0 Å². The van der Waals surface area contributed by atoms with E-state index in [0.717, 1.165) is 55.3 Å². The van der Waals surface area contributed by atoms with Crippen LogP contribution in [-0.2, 0) is 6.54 Å². The lowest BCUT2D eigenvalue weighted by molar-refractivity contribution is 0.246. The van der Waals surface area contributed by atoms with Crippen LogP contribution in [0.5, 0.6) is 5.75 Å². The maximum Gasteiger partial charge on any atom is 0.203 e.